The Bertz CT molecular complexity index is 50.2. The van der Waals surface area contributed by atoms with Crippen molar-refractivity contribution >= 4 is 18.2 Å². The Morgan fingerprint density at radius 1 is 1.86 bits per heavy atom. The van der Waals surface area contributed by atoms with E-state index in [1.165, 1.54) is 0 Å². The Kier molecular flexibility index (Phi) is 5.54. The van der Waals surface area contributed by atoms with Gasteiger partial charge in [0.25, 0.3) is 6.47 Å². The van der Waals surface area contributed by atoms with Gasteiger partial charge in [-0.1, -0.05) is 11.8 Å². The van der Waals surface area contributed by atoms with E-state index < -0.39 is 6.01 Å². The maximum atomic E-state index is 11.1. The molecule has 0 saturated carbocycles. The van der Waals surface area contributed by atoms with Gasteiger partial charge in [-0.15, -0.1) is 0 Å². The third kappa shape index (κ3) is 5.75. The zero-order chi connectivity index (χ0) is 5.54. The molecule has 42 valence electrons. The van der Waals surface area contributed by atoms with Crippen LogP contribution in [0.5, 0.6) is 0 Å². The van der Waals surface area contributed by atoms with E-state index >= 15 is 0 Å². The van der Waals surface area contributed by atoms with Gasteiger partial charge < -0.3 is 4.74 Å². The predicted molar refractivity (Wildman–Crippen MR) is 25.6 cm³/mol. The minimum Gasteiger partial charge on any atom is -0.457 e. The van der Waals surface area contributed by atoms with Gasteiger partial charge in [-0.25, -0.2) is 4.39 Å². The predicted octanol–water partition coefficient (Wildman–Crippen LogP) is 0.777. The molecule has 0 radical (unpaired) electrons. The zero-order valence-electron chi connectivity index (χ0n) is 3.59. The first-order chi connectivity index (χ1) is 3.41. The lowest BCUT2D eigenvalue weighted by Crippen LogP contribution is -1.84. The molecule has 0 atom stereocenters. The van der Waals surface area contributed by atoms with E-state index in [4.69, 9.17) is 0 Å². The van der Waals surface area contributed by atoms with E-state index in [2.05, 4.69) is 4.74 Å². The molecule has 0 aliphatic carbocycles. The molecule has 7 heavy (non-hydrogen) atoms. The van der Waals surface area contributed by atoms with E-state index in [0.29, 0.717) is 6.47 Å². The largest absolute Gasteiger partial charge is 0.457 e. The molecule has 0 rings (SSSR count). The molecule has 0 N–H and O–H groups in total. The summed E-state index contributed by atoms with van der Waals surface area (Å²) in [7, 11) is 0. The lowest BCUT2D eigenvalue weighted by Gasteiger charge is -1.89. The molecule has 0 amide bonds. The van der Waals surface area contributed by atoms with E-state index in [-0.39, 0.29) is 5.94 Å². The molecule has 0 aliphatic heterocycles. The highest BCUT2D eigenvalue weighted by atomic mass is 32.2. The van der Waals surface area contributed by atoms with Crippen LogP contribution in [0.3, 0.4) is 0 Å². The molecule has 0 heterocycles. The Morgan fingerprint density at radius 2 is 2.57 bits per heavy atom. The van der Waals surface area contributed by atoms with Gasteiger partial charge in [-0.3, -0.25) is 4.79 Å². The number of alkyl halides is 1. The fourth-order valence-electron chi connectivity index (χ4n) is 0.107. The normalized spacial score (nSPS) is 8.14. The second-order valence-corrected chi connectivity index (χ2v) is 1.56. The van der Waals surface area contributed by atoms with Crippen LogP contribution in [0, 0.1) is 0 Å². The highest BCUT2D eigenvalue weighted by Crippen LogP contribution is 1.97. The molecular weight excluding hydrogens is 119 g/mol. The van der Waals surface area contributed by atoms with Gasteiger partial charge in [0.2, 0.25) is 0 Å². The van der Waals surface area contributed by atoms with Crippen molar-refractivity contribution in [1.29, 1.82) is 0 Å². The van der Waals surface area contributed by atoms with E-state index in [0.717, 1.165) is 11.8 Å². The monoisotopic (exact) mass is 124 g/mol. The molecule has 0 aliphatic rings. The third-order valence-corrected chi connectivity index (χ3v) is 0.754. The summed E-state index contributed by atoms with van der Waals surface area (Å²) in [5.74, 6) is 0.111. The molecule has 0 bridgehead atoms. The quantitative estimate of drug-likeness (QED) is 0.314. The second kappa shape index (κ2) is 5.75. The smallest absolute Gasteiger partial charge is 0.293 e. The summed E-state index contributed by atoms with van der Waals surface area (Å²) < 4.78 is 15.2. The van der Waals surface area contributed by atoms with Crippen molar-refractivity contribution in [3.63, 3.8) is 0 Å². The minimum atomic E-state index is -0.506. The molecule has 0 saturated heterocycles. The van der Waals surface area contributed by atoms with Crippen molar-refractivity contribution < 1.29 is 13.9 Å². The number of hydrogen-bond acceptors (Lipinski definition) is 3. The van der Waals surface area contributed by atoms with Gasteiger partial charge in [0.15, 0.2) is 0 Å². The van der Waals surface area contributed by atoms with Crippen molar-refractivity contribution in [1.82, 2.24) is 0 Å². The van der Waals surface area contributed by atoms with E-state index in [1.54, 1.807) is 0 Å². The summed E-state index contributed by atoms with van der Waals surface area (Å²) in [5.41, 5.74) is 0. The summed E-state index contributed by atoms with van der Waals surface area (Å²) in [6.07, 6.45) is 0. The summed E-state index contributed by atoms with van der Waals surface area (Å²) in [4.78, 5) is 9.32. The van der Waals surface area contributed by atoms with Crippen molar-refractivity contribution in [2.75, 3.05) is 11.9 Å². The number of thioether (sulfide) groups is 1. The van der Waals surface area contributed by atoms with Crippen LogP contribution in [-0.4, -0.2) is 18.4 Å². The molecule has 0 spiro atoms. The minimum absolute atomic E-state index is 0.111. The van der Waals surface area contributed by atoms with Crippen molar-refractivity contribution in [3.8, 4) is 0 Å². The van der Waals surface area contributed by atoms with Crippen LogP contribution in [0.15, 0.2) is 0 Å². The van der Waals surface area contributed by atoms with E-state index in [1.807, 2.05) is 0 Å². The highest BCUT2D eigenvalue weighted by molar-refractivity contribution is 7.98. The van der Waals surface area contributed by atoms with Crippen molar-refractivity contribution in [2.45, 2.75) is 0 Å². The average molecular weight is 124 g/mol. The van der Waals surface area contributed by atoms with Crippen molar-refractivity contribution in [3.05, 3.63) is 0 Å². The Labute approximate surface area is 45.0 Å². The van der Waals surface area contributed by atoms with Gasteiger partial charge in [-0.05, 0) is 0 Å². The Morgan fingerprint density at radius 3 is 3.00 bits per heavy atom. The maximum absolute atomic E-state index is 11.1. The molecule has 0 aromatic rings. The van der Waals surface area contributed by atoms with Gasteiger partial charge in [0.1, 0.15) is 11.9 Å². The second-order valence-electron chi connectivity index (χ2n) is 0.694. The van der Waals surface area contributed by atoms with E-state index in [9.17, 15) is 9.18 Å². The zero-order valence-corrected chi connectivity index (χ0v) is 4.41. The number of ether oxygens (including phenoxy) is 1. The topological polar surface area (TPSA) is 26.3 Å². The molecule has 0 aromatic heterocycles. The van der Waals surface area contributed by atoms with Crippen LogP contribution in [0.1, 0.15) is 0 Å². The van der Waals surface area contributed by atoms with Crippen LogP contribution in [0.2, 0.25) is 0 Å². The Hall–Kier alpha value is -0.250. The maximum Gasteiger partial charge on any atom is 0.293 e. The molecule has 0 fully saturated rings. The standard InChI is InChI=1S/C3H5FO2S/c4-1-7-3-6-2-5/h2H,1,3H2. The molecule has 0 aromatic carbocycles. The van der Waals surface area contributed by atoms with Crippen molar-refractivity contribution in [2.24, 2.45) is 0 Å². The molecule has 4 heteroatoms. The summed E-state index contributed by atoms with van der Waals surface area (Å²) in [6, 6.07) is -0.506. The summed E-state index contributed by atoms with van der Waals surface area (Å²) in [5, 5.41) is 0. The molecule has 0 unspecified atom stereocenters. The fourth-order valence-corrected chi connectivity index (χ4v) is 0.322. The lowest BCUT2D eigenvalue weighted by atomic mass is 11.5. The van der Waals surface area contributed by atoms with Gasteiger partial charge in [-0.2, -0.15) is 0 Å². The van der Waals surface area contributed by atoms with Crippen LogP contribution in [0.4, 0.5) is 4.39 Å². The Balaban J connectivity index is 2.56. The first kappa shape index (κ1) is 6.75. The van der Waals surface area contributed by atoms with Crippen LogP contribution in [-0.2, 0) is 9.53 Å². The number of rotatable bonds is 4. The van der Waals surface area contributed by atoms with Crippen LogP contribution >= 0.6 is 11.8 Å². The first-order valence-electron chi connectivity index (χ1n) is 1.60. The highest BCUT2D eigenvalue weighted by Gasteiger charge is 1.80. The number of carbonyl (C=O) groups is 1. The number of halogens is 1. The SMILES string of the molecule is O=COCSCF. The van der Waals surface area contributed by atoms with Gasteiger partial charge in [0.05, 0.1) is 0 Å². The van der Waals surface area contributed by atoms with Gasteiger partial charge >= 0.3 is 0 Å². The summed E-state index contributed by atoms with van der Waals surface area (Å²) >= 11 is 0.913. The lowest BCUT2D eigenvalue weighted by molar-refractivity contribution is -0.126. The molecular formula is C3H5FO2S. The van der Waals surface area contributed by atoms with Crippen LogP contribution < -0.4 is 0 Å². The number of hydrogen-bond donors (Lipinski definition) is 0. The average Bonchev–Trinajstić information content (AvgIpc) is 1.69. The fraction of sp³-hybridized carbons (Fsp3) is 0.667. The first-order valence-corrected chi connectivity index (χ1v) is 2.76. The molecule has 2 nitrogen and oxygen atoms in total. The summed E-state index contributed by atoms with van der Waals surface area (Å²) in [6.45, 7) is 0.294. The van der Waals surface area contributed by atoms with Crippen LogP contribution in [0.25, 0.3) is 0 Å². The van der Waals surface area contributed by atoms with Gasteiger partial charge in [0, 0.05) is 0 Å². The number of carbonyl (C=O) groups excluding carboxylic acids is 1. The third-order valence-electron chi connectivity index (χ3n) is 0.297.